The Morgan fingerprint density at radius 3 is 1.73 bits per heavy atom. The van der Waals surface area contributed by atoms with Gasteiger partial charge in [-0.15, -0.1) is 0 Å². The van der Waals surface area contributed by atoms with Crippen LogP contribution in [0.15, 0.2) is 0 Å². The van der Waals surface area contributed by atoms with Crippen molar-refractivity contribution >= 4 is 5.78 Å². The van der Waals surface area contributed by atoms with Gasteiger partial charge < -0.3 is 25.0 Å². The van der Waals surface area contributed by atoms with E-state index in [-0.39, 0.29) is 11.0 Å². The molecule has 4 fully saturated rings. The summed E-state index contributed by atoms with van der Waals surface area (Å²) in [5.74, 6) is 1.11. The molecule has 2 heterocycles. The molecule has 2 aliphatic carbocycles. The Morgan fingerprint density at radius 1 is 0.756 bits per heavy atom. The number of nitrogens with one attached hydrogen (secondary N) is 2. The molecular weight excluding hydrogens is 512 g/mol. The molecule has 2 saturated carbocycles. The highest BCUT2D eigenvalue weighted by Crippen LogP contribution is 2.34. The molecule has 0 aromatic carbocycles. The normalized spacial score (nSPS) is 29.6. The van der Waals surface area contributed by atoms with Gasteiger partial charge in [-0.25, -0.2) is 0 Å². The molecule has 0 bridgehead atoms. The summed E-state index contributed by atoms with van der Waals surface area (Å²) in [4.78, 5) is 18.4. The van der Waals surface area contributed by atoms with Crippen molar-refractivity contribution in [2.24, 2.45) is 11.3 Å². The lowest BCUT2D eigenvalue weighted by atomic mass is 9.75. The number of rotatable bonds is 15. The van der Waals surface area contributed by atoms with Crippen LogP contribution in [-0.2, 0) is 14.3 Å². The van der Waals surface area contributed by atoms with E-state index in [1.807, 2.05) is 0 Å². The lowest BCUT2D eigenvalue weighted by Crippen LogP contribution is -2.56. The number of carbonyl (C=O) groups excluding carboxylic acids is 1. The number of piperidine rings is 2. The van der Waals surface area contributed by atoms with Gasteiger partial charge in [-0.2, -0.15) is 0 Å². The highest BCUT2D eigenvalue weighted by Gasteiger charge is 2.40. The van der Waals surface area contributed by atoms with Crippen molar-refractivity contribution in [3.8, 4) is 0 Å². The molecule has 7 heteroatoms. The Kier molecular flexibility index (Phi) is 11.8. The van der Waals surface area contributed by atoms with Crippen molar-refractivity contribution in [3.05, 3.63) is 0 Å². The van der Waals surface area contributed by atoms with E-state index in [0.29, 0.717) is 54.9 Å². The van der Waals surface area contributed by atoms with Crippen LogP contribution in [-0.4, -0.2) is 103 Å². The largest absolute Gasteiger partial charge is 0.375 e. The monoisotopic (exact) mass is 576 g/mol. The van der Waals surface area contributed by atoms with Crippen LogP contribution < -0.4 is 10.6 Å². The number of ketones is 1. The molecule has 41 heavy (non-hydrogen) atoms. The summed E-state index contributed by atoms with van der Waals surface area (Å²) in [6.07, 6.45) is 11.4. The highest BCUT2D eigenvalue weighted by molar-refractivity contribution is 5.86. The molecule has 0 aromatic rings. The van der Waals surface area contributed by atoms with E-state index in [1.165, 1.54) is 32.5 Å². The first-order valence-corrected chi connectivity index (χ1v) is 17.1. The summed E-state index contributed by atoms with van der Waals surface area (Å²) in [7, 11) is 0. The zero-order chi connectivity index (χ0) is 29.8. The number of likely N-dealkylation sites (tertiary alicyclic amines) is 2. The maximum absolute atomic E-state index is 13.4. The molecule has 0 spiro atoms. The highest BCUT2D eigenvalue weighted by atomic mass is 16.5. The van der Waals surface area contributed by atoms with Crippen molar-refractivity contribution in [2.75, 3.05) is 39.3 Å². The van der Waals surface area contributed by atoms with Gasteiger partial charge >= 0.3 is 0 Å². The van der Waals surface area contributed by atoms with Crippen LogP contribution in [0.25, 0.3) is 0 Å². The summed E-state index contributed by atoms with van der Waals surface area (Å²) < 4.78 is 12.8. The van der Waals surface area contributed by atoms with Crippen molar-refractivity contribution in [1.82, 2.24) is 20.4 Å². The molecule has 4 aliphatic rings. The van der Waals surface area contributed by atoms with E-state index < -0.39 is 0 Å². The number of carbonyl (C=O) groups is 1. The molecule has 4 rings (SSSR count). The summed E-state index contributed by atoms with van der Waals surface area (Å²) in [6.45, 7) is 23.9. The van der Waals surface area contributed by atoms with Gasteiger partial charge in [0, 0.05) is 61.8 Å². The van der Waals surface area contributed by atoms with E-state index >= 15 is 0 Å². The van der Waals surface area contributed by atoms with Crippen molar-refractivity contribution < 1.29 is 14.3 Å². The Balaban J connectivity index is 1.09. The molecule has 0 amide bonds. The molecular formula is C34H64N4O3. The van der Waals surface area contributed by atoms with Gasteiger partial charge in [0.25, 0.3) is 0 Å². The van der Waals surface area contributed by atoms with E-state index in [4.69, 9.17) is 9.47 Å². The Hall–Kier alpha value is -0.570. The first-order valence-electron chi connectivity index (χ1n) is 17.1. The zero-order valence-corrected chi connectivity index (χ0v) is 27.8. The van der Waals surface area contributed by atoms with Gasteiger partial charge in [0.05, 0.1) is 31.0 Å². The lowest BCUT2D eigenvalue weighted by Gasteiger charge is -2.45. The molecule has 0 unspecified atom stereocenters. The predicted octanol–water partition coefficient (Wildman–Crippen LogP) is 5.02. The molecule has 0 aromatic heterocycles. The minimum Gasteiger partial charge on any atom is -0.375 e. The fraction of sp³-hybridized carbons (Fsp3) is 0.971. The van der Waals surface area contributed by atoms with Gasteiger partial charge in [-0.05, 0) is 77.6 Å². The topological polar surface area (TPSA) is 66.1 Å². The lowest BCUT2D eigenvalue weighted by molar-refractivity contribution is -0.131. The average Bonchev–Trinajstić information content (AvgIpc) is 2.82. The maximum atomic E-state index is 13.4. The van der Waals surface area contributed by atoms with Crippen molar-refractivity contribution in [2.45, 2.75) is 161 Å². The fourth-order valence-electron chi connectivity index (χ4n) is 7.80. The second kappa shape index (κ2) is 14.5. The van der Waals surface area contributed by atoms with Crippen molar-refractivity contribution in [1.29, 1.82) is 0 Å². The van der Waals surface area contributed by atoms with Gasteiger partial charge in [0.1, 0.15) is 0 Å². The Morgan fingerprint density at radius 2 is 1.24 bits per heavy atom. The van der Waals surface area contributed by atoms with E-state index in [0.717, 1.165) is 64.0 Å². The molecule has 0 atom stereocenters. The third-order valence-corrected chi connectivity index (χ3v) is 9.82. The van der Waals surface area contributed by atoms with Crippen LogP contribution in [0.5, 0.6) is 0 Å². The van der Waals surface area contributed by atoms with Crippen LogP contribution >= 0.6 is 0 Å². The maximum Gasteiger partial charge on any atom is 0.152 e. The number of nitrogens with zero attached hydrogens (tertiary/aromatic N) is 2. The van der Waals surface area contributed by atoms with Gasteiger partial charge in [-0.1, -0.05) is 41.5 Å². The summed E-state index contributed by atoms with van der Waals surface area (Å²) in [6, 6.07) is 1.67. The van der Waals surface area contributed by atoms with E-state index in [9.17, 15) is 4.79 Å². The van der Waals surface area contributed by atoms with Gasteiger partial charge in [-0.3, -0.25) is 9.69 Å². The average molecular weight is 577 g/mol. The molecule has 2 aliphatic heterocycles. The minimum atomic E-state index is -0.349. The standard InChI is InChI=1S/C34H64N4O3/c1-24(2)21-37-13-9-28(10-14-37)41-31-19-27(20-31)36-34(7,8)23-33(5,6)32(39)22-38-15-11-29(12-16-38)40-30-17-26(18-30)35-25(3)4/h24-31,35-36H,9-23H2,1-8H3/t26-,27-,30-,31-. The molecule has 238 valence electrons. The summed E-state index contributed by atoms with van der Waals surface area (Å²) in [5, 5.41) is 7.48. The van der Waals surface area contributed by atoms with Crippen LogP contribution in [0.3, 0.4) is 0 Å². The van der Waals surface area contributed by atoms with Crippen LogP contribution in [0.2, 0.25) is 0 Å². The number of hydrogen-bond acceptors (Lipinski definition) is 7. The first-order chi connectivity index (χ1) is 19.3. The van der Waals surface area contributed by atoms with Crippen molar-refractivity contribution in [3.63, 3.8) is 0 Å². The molecule has 7 nitrogen and oxygen atoms in total. The second-order valence-corrected chi connectivity index (χ2v) is 16.1. The molecule has 2 N–H and O–H groups in total. The minimum absolute atomic E-state index is 0.0805. The summed E-state index contributed by atoms with van der Waals surface area (Å²) >= 11 is 0. The predicted molar refractivity (Wildman–Crippen MR) is 168 cm³/mol. The van der Waals surface area contributed by atoms with Gasteiger partial charge in [0.2, 0.25) is 0 Å². The number of Topliss-reactive ketones (excluding diaryl/α,β-unsaturated/α-hetero) is 1. The number of ether oxygens (including phenoxy) is 2. The van der Waals surface area contributed by atoms with Crippen LogP contribution in [0.4, 0.5) is 0 Å². The quantitative estimate of drug-likeness (QED) is 0.284. The molecule has 0 radical (unpaired) electrons. The van der Waals surface area contributed by atoms with Gasteiger partial charge in [0.15, 0.2) is 5.78 Å². The fourth-order valence-corrected chi connectivity index (χ4v) is 7.80. The first kappa shape index (κ1) is 33.3. The van der Waals surface area contributed by atoms with Crippen LogP contribution in [0, 0.1) is 11.3 Å². The third kappa shape index (κ3) is 10.5. The van der Waals surface area contributed by atoms with E-state index in [1.54, 1.807) is 0 Å². The second-order valence-electron chi connectivity index (χ2n) is 16.1. The smallest absolute Gasteiger partial charge is 0.152 e. The Bertz CT molecular complexity index is 803. The van der Waals surface area contributed by atoms with Crippen LogP contribution in [0.1, 0.15) is 113 Å². The summed E-state index contributed by atoms with van der Waals surface area (Å²) in [5.41, 5.74) is -0.430. The zero-order valence-electron chi connectivity index (χ0n) is 27.8. The molecule has 2 saturated heterocycles. The third-order valence-electron chi connectivity index (χ3n) is 9.82. The Labute approximate surface area is 252 Å². The number of hydrogen-bond donors (Lipinski definition) is 2. The van der Waals surface area contributed by atoms with E-state index in [2.05, 4.69) is 75.8 Å². The SMILES string of the molecule is CC(C)CN1CCC(O[C@H]2C[C@H](NC(C)(C)CC(C)(C)C(=O)CN3CCC(O[C@H]4C[C@H](NC(C)C)C4)CC3)C2)CC1.